The largest absolute Gasteiger partial charge is 0.354 e. The number of amides is 1. The van der Waals surface area contributed by atoms with Gasteiger partial charge in [-0.15, -0.1) is 0 Å². The maximum Gasteiger partial charge on any atom is 0.236 e. The number of rotatable bonds is 5. The number of aromatic nitrogens is 1. The second-order valence-corrected chi connectivity index (χ2v) is 7.85. The van der Waals surface area contributed by atoms with Crippen molar-refractivity contribution in [1.29, 1.82) is 0 Å². The van der Waals surface area contributed by atoms with Gasteiger partial charge >= 0.3 is 0 Å². The lowest BCUT2D eigenvalue weighted by Crippen LogP contribution is -2.49. The molecule has 1 aliphatic rings. The summed E-state index contributed by atoms with van der Waals surface area (Å²) >= 11 is 17.9. The third-order valence-corrected chi connectivity index (χ3v) is 5.56. The summed E-state index contributed by atoms with van der Waals surface area (Å²) in [6.07, 6.45) is 1.66. The molecule has 1 aromatic carbocycles. The zero-order valence-corrected chi connectivity index (χ0v) is 17.3. The summed E-state index contributed by atoms with van der Waals surface area (Å²) in [5.41, 5.74) is 0.957. The van der Waals surface area contributed by atoms with Gasteiger partial charge in [0.1, 0.15) is 5.82 Å². The summed E-state index contributed by atoms with van der Waals surface area (Å²) in [5.74, 6) is 1.00. The normalized spacial score (nSPS) is 15.0. The van der Waals surface area contributed by atoms with Crippen LogP contribution in [0.5, 0.6) is 0 Å². The van der Waals surface area contributed by atoms with Gasteiger partial charge in [0.25, 0.3) is 0 Å². The Morgan fingerprint density at radius 1 is 1.07 bits per heavy atom. The van der Waals surface area contributed by atoms with Gasteiger partial charge in [-0.25, -0.2) is 4.98 Å². The maximum absolute atomic E-state index is 12.5. The third-order valence-electron chi connectivity index (χ3n) is 4.60. The Bertz CT molecular complexity index is 792. The summed E-state index contributed by atoms with van der Waals surface area (Å²) in [6, 6.07) is 9.20. The fourth-order valence-corrected chi connectivity index (χ4v) is 3.43. The van der Waals surface area contributed by atoms with E-state index in [1.165, 1.54) is 0 Å². The van der Waals surface area contributed by atoms with Crippen LogP contribution in [-0.4, -0.2) is 60.5 Å². The first-order valence-corrected chi connectivity index (χ1v) is 9.82. The number of halogens is 3. The summed E-state index contributed by atoms with van der Waals surface area (Å²) in [6.45, 7) is 4.20. The molecule has 1 fully saturated rings. The standard InChI is InChI=1S/C19H21Cl3N4O/c1-24(12-14-2-4-16(21)17(22)10-14)19(27)13-25-6-8-26(9-7-25)18-5-3-15(20)11-23-18/h2-5,10-11H,6-9,12-13H2,1H3. The topological polar surface area (TPSA) is 39.7 Å². The van der Waals surface area contributed by atoms with Crippen LogP contribution >= 0.6 is 34.8 Å². The SMILES string of the molecule is CN(Cc1ccc(Cl)c(Cl)c1)C(=O)CN1CCN(c2ccc(Cl)cn2)CC1. The van der Waals surface area contributed by atoms with Crippen LogP contribution in [-0.2, 0) is 11.3 Å². The van der Waals surface area contributed by atoms with Crippen molar-refractivity contribution >= 4 is 46.5 Å². The number of nitrogens with zero attached hydrogens (tertiary/aromatic N) is 4. The average Bonchev–Trinajstić information content (AvgIpc) is 2.66. The Kier molecular flexibility index (Phi) is 6.82. The Morgan fingerprint density at radius 3 is 2.44 bits per heavy atom. The maximum atomic E-state index is 12.5. The minimum Gasteiger partial charge on any atom is -0.354 e. The first-order valence-electron chi connectivity index (χ1n) is 8.69. The van der Waals surface area contributed by atoms with Crippen LogP contribution in [0.2, 0.25) is 15.1 Å². The lowest BCUT2D eigenvalue weighted by Gasteiger charge is -2.35. The van der Waals surface area contributed by atoms with Crippen molar-refractivity contribution in [1.82, 2.24) is 14.8 Å². The van der Waals surface area contributed by atoms with Gasteiger partial charge in [0.05, 0.1) is 21.6 Å². The number of piperazine rings is 1. The minimum absolute atomic E-state index is 0.0825. The van der Waals surface area contributed by atoms with E-state index >= 15 is 0 Å². The van der Waals surface area contributed by atoms with Crippen molar-refractivity contribution in [3.05, 3.63) is 57.2 Å². The zero-order valence-electron chi connectivity index (χ0n) is 15.0. The molecule has 5 nitrogen and oxygen atoms in total. The highest BCUT2D eigenvalue weighted by atomic mass is 35.5. The molecule has 1 aliphatic heterocycles. The number of carbonyl (C=O) groups is 1. The molecule has 0 atom stereocenters. The van der Waals surface area contributed by atoms with Gasteiger partial charge in [-0.3, -0.25) is 9.69 Å². The van der Waals surface area contributed by atoms with E-state index in [9.17, 15) is 4.79 Å². The van der Waals surface area contributed by atoms with Crippen molar-refractivity contribution in [2.45, 2.75) is 6.54 Å². The molecule has 0 bridgehead atoms. The summed E-state index contributed by atoms with van der Waals surface area (Å²) in [7, 11) is 1.80. The van der Waals surface area contributed by atoms with Gasteiger partial charge in [-0.2, -0.15) is 0 Å². The van der Waals surface area contributed by atoms with E-state index in [0.29, 0.717) is 28.2 Å². The Balaban J connectivity index is 1.48. The van der Waals surface area contributed by atoms with E-state index in [2.05, 4.69) is 14.8 Å². The molecule has 1 saturated heterocycles. The Hall–Kier alpha value is -1.53. The highest BCUT2D eigenvalue weighted by molar-refractivity contribution is 6.42. The zero-order chi connectivity index (χ0) is 19.4. The molecular weight excluding hydrogens is 407 g/mol. The molecule has 0 spiro atoms. The molecule has 0 unspecified atom stereocenters. The van der Waals surface area contributed by atoms with Crippen LogP contribution in [0, 0.1) is 0 Å². The fourth-order valence-electron chi connectivity index (χ4n) is 3.00. The molecule has 1 aromatic heterocycles. The fraction of sp³-hybridized carbons (Fsp3) is 0.368. The second-order valence-electron chi connectivity index (χ2n) is 6.60. The van der Waals surface area contributed by atoms with Crippen LogP contribution in [0.15, 0.2) is 36.5 Å². The average molecular weight is 428 g/mol. The first-order chi connectivity index (χ1) is 12.9. The van der Waals surface area contributed by atoms with Gasteiger partial charge in [0.15, 0.2) is 0 Å². The van der Waals surface area contributed by atoms with Crippen molar-refractivity contribution in [2.75, 3.05) is 44.7 Å². The lowest BCUT2D eigenvalue weighted by molar-refractivity contribution is -0.131. The third kappa shape index (κ3) is 5.48. The summed E-state index contributed by atoms with van der Waals surface area (Å²) in [4.78, 5) is 23.0. The first kappa shape index (κ1) is 20.2. The molecule has 0 radical (unpaired) electrons. The Labute approximate surface area is 174 Å². The number of hydrogen-bond acceptors (Lipinski definition) is 4. The molecule has 0 aliphatic carbocycles. The molecule has 3 rings (SSSR count). The van der Waals surface area contributed by atoms with Gasteiger partial charge in [-0.1, -0.05) is 40.9 Å². The van der Waals surface area contributed by atoms with E-state index < -0.39 is 0 Å². The monoisotopic (exact) mass is 426 g/mol. The Morgan fingerprint density at radius 2 is 1.81 bits per heavy atom. The molecule has 8 heteroatoms. The van der Waals surface area contributed by atoms with Crippen LogP contribution in [0.1, 0.15) is 5.56 Å². The quantitative estimate of drug-likeness (QED) is 0.727. The molecular formula is C19H21Cl3N4O. The molecule has 2 aromatic rings. The van der Waals surface area contributed by atoms with E-state index in [1.807, 2.05) is 18.2 Å². The van der Waals surface area contributed by atoms with E-state index in [1.54, 1.807) is 30.3 Å². The molecule has 2 heterocycles. The predicted molar refractivity (Wildman–Crippen MR) is 111 cm³/mol. The number of anilines is 1. The predicted octanol–water partition coefficient (Wildman–Crippen LogP) is 3.82. The van der Waals surface area contributed by atoms with Crippen LogP contribution in [0.3, 0.4) is 0 Å². The van der Waals surface area contributed by atoms with Crippen molar-refractivity contribution in [2.24, 2.45) is 0 Å². The number of pyridine rings is 1. The van der Waals surface area contributed by atoms with E-state index in [-0.39, 0.29) is 5.91 Å². The second kappa shape index (κ2) is 9.11. The van der Waals surface area contributed by atoms with Gasteiger partial charge < -0.3 is 9.80 Å². The molecule has 1 amide bonds. The lowest BCUT2D eigenvalue weighted by atomic mass is 10.2. The van der Waals surface area contributed by atoms with Crippen LogP contribution < -0.4 is 4.90 Å². The van der Waals surface area contributed by atoms with Crippen LogP contribution in [0.25, 0.3) is 0 Å². The smallest absolute Gasteiger partial charge is 0.236 e. The number of likely N-dealkylation sites (N-methyl/N-ethyl adjacent to an activating group) is 1. The molecule has 27 heavy (non-hydrogen) atoms. The highest BCUT2D eigenvalue weighted by Crippen LogP contribution is 2.23. The van der Waals surface area contributed by atoms with Crippen molar-refractivity contribution in [3.63, 3.8) is 0 Å². The molecule has 0 saturated carbocycles. The molecule has 0 N–H and O–H groups in total. The summed E-state index contributed by atoms with van der Waals surface area (Å²) in [5, 5.41) is 1.65. The van der Waals surface area contributed by atoms with Gasteiger partial charge in [0.2, 0.25) is 5.91 Å². The number of carbonyl (C=O) groups excluding carboxylic acids is 1. The number of hydrogen-bond donors (Lipinski definition) is 0. The highest BCUT2D eigenvalue weighted by Gasteiger charge is 2.21. The number of benzene rings is 1. The van der Waals surface area contributed by atoms with E-state index in [4.69, 9.17) is 34.8 Å². The van der Waals surface area contributed by atoms with Crippen molar-refractivity contribution in [3.8, 4) is 0 Å². The minimum atomic E-state index is 0.0825. The molecule has 144 valence electrons. The van der Waals surface area contributed by atoms with Gasteiger partial charge in [0, 0.05) is 46.0 Å². The van der Waals surface area contributed by atoms with Crippen molar-refractivity contribution < 1.29 is 4.79 Å². The van der Waals surface area contributed by atoms with E-state index in [0.717, 1.165) is 37.6 Å². The van der Waals surface area contributed by atoms with Gasteiger partial charge in [-0.05, 0) is 29.8 Å². The van der Waals surface area contributed by atoms with Crippen LogP contribution in [0.4, 0.5) is 5.82 Å². The summed E-state index contributed by atoms with van der Waals surface area (Å²) < 4.78 is 0.